The molecule has 1 unspecified atom stereocenters. The van der Waals surface area contributed by atoms with Gasteiger partial charge < -0.3 is 19.7 Å². The van der Waals surface area contributed by atoms with Crippen LogP contribution in [0.3, 0.4) is 0 Å². The number of rotatable bonds is 9. The van der Waals surface area contributed by atoms with Crippen molar-refractivity contribution in [1.29, 1.82) is 0 Å². The Bertz CT molecular complexity index is 746. The highest BCUT2D eigenvalue weighted by Gasteiger charge is 2.16. The summed E-state index contributed by atoms with van der Waals surface area (Å²) < 4.78 is 10.7. The summed E-state index contributed by atoms with van der Waals surface area (Å²) >= 11 is 0. The van der Waals surface area contributed by atoms with E-state index < -0.39 is 6.03 Å². The first-order valence-corrected chi connectivity index (χ1v) is 10.2. The van der Waals surface area contributed by atoms with E-state index >= 15 is 0 Å². The van der Waals surface area contributed by atoms with E-state index in [0.717, 1.165) is 35.3 Å². The third-order valence-electron chi connectivity index (χ3n) is 5.17. The average molecular weight is 405 g/mol. The van der Waals surface area contributed by atoms with Crippen LogP contribution in [0, 0.1) is 6.92 Å². The van der Waals surface area contributed by atoms with Crippen LogP contribution in [0.4, 0.5) is 4.79 Å². The Labute approximate surface area is 173 Å². The Morgan fingerprint density at radius 3 is 2.52 bits per heavy atom. The SMILES string of the molecule is COc1cc(C)c(C[NH+](C)CC(=O)NC(=O)NCCC2=CCCCC2)cc1OC. The molecule has 29 heavy (non-hydrogen) atoms. The van der Waals surface area contributed by atoms with Gasteiger partial charge in [-0.15, -0.1) is 0 Å². The molecule has 1 atom stereocenters. The Hall–Kier alpha value is -2.54. The van der Waals surface area contributed by atoms with Gasteiger partial charge in [0.25, 0.3) is 5.91 Å². The quantitative estimate of drug-likeness (QED) is 0.548. The van der Waals surface area contributed by atoms with E-state index in [1.807, 2.05) is 26.1 Å². The maximum atomic E-state index is 12.2. The molecule has 0 heterocycles. The molecule has 3 amide bonds. The molecule has 0 radical (unpaired) electrons. The highest BCUT2D eigenvalue weighted by atomic mass is 16.5. The van der Waals surface area contributed by atoms with E-state index in [-0.39, 0.29) is 12.5 Å². The number of carbonyl (C=O) groups excluding carboxylic acids is 2. The van der Waals surface area contributed by atoms with Crippen LogP contribution in [0.1, 0.15) is 43.2 Å². The van der Waals surface area contributed by atoms with Gasteiger partial charge in [0, 0.05) is 12.1 Å². The first-order chi connectivity index (χ1) is 13.9. The fourth-order valence-electron chi connectivity index (χ4n) is 3.56. The molecule has 1 aromatic rings. The molecule has 3 N–H and O–H groups in total. The molecule has 7 heteroatoms. The molecule has 0 bridgehead atoms. The molecule has 0 fully saturated rings. The van der Waals surface area contributed by atoms with Crippen LogP contribution in [0.15, 0.2) is 23.8 Å². The van der Waals surface area contributed by atoms with Gasteiger partial charge in [-0.2, -0.15) is 0 Å². The standard InChI is InChI=1S/C22H33N3O4/c1-16-12-19(28-3)20(29-4)13-18(16)14-25(2)15-21(26)24-22(27)23-11-10-17-8-6-5-7-9-17/h8,12-13H,5-7,9-11,14-15H2,1-4H3,(H2,23,24,26,27)/p+1. The lowest BCUT2D eigenvalue weighted by atomic mass is 9.97. The number of hydrogen-bond acceptors (Lipinski definition) is 4. The minimum Gasteiger partial charge on any atom is -0.493 e. The van der Waals surface area contributed by atoms with Crippen LogP contribution in [-0.4, -0.2) is 46.3 Å². The molecular formula is C22H34N3O4+. The molecule has 160 valence electrons. The summed E-state index contributed by atoms with van der Waals surface area (Å²) in [6, 6.07) is 3.43. The van der Waals surface area contributed by atoms with Gasteiger partial charge in [0.15, 0.2) is 18.0 Å². The molecule has 1 aliphatic rings. The van der Waals surface area contributed by atoms with Crippen LogP contribution in [0.25, 0.3) is 0 Å². The number of methoxy groups -OCH3 is 2. The van der Waals surface area contributed by atoms with Crippen LogP contribution in [0.2, 0.25) is 0 Å². The average Bonchev–Trinajstić information content (AvgIpc) is 2.69. The minimum absolute atomic E-state index is 0.201. The van der Waals surface area contributed by atoms with Crippen molar-refractivity contribution in [3.05, 3.63) is 34.9 Å². The zero-order valence-corrected chi connectivity index (χ0v) is 18.0. The molecule has 0 saturated carbocycles. The highest BCUT2D eigenvalue weighted by Crippen LogP contribution is 2.29. The van der Waals surface area contributed by atoms with Crippen molar-refractivity contribution in [2.75, 3.05) is 34.4 Å². The van der Waals surface area contributed by atoms with Gasteiger partial charge in [-0.3, -0.25) is 10.1 Å². The summed E-state index contributed by atoms with van der Waals surface area (Å²) in [5.74, 6) is 1.05. The second kappa shape index (κ2) is 11.5. The number of hydrogen-bond donors (Lipinski definition) is 3. The second-order valence-electron chi connectivity index (χ2n) is 7.61. The fraction of sp³-hybridized carbons (Fsp3) is 0.545. The van der Waals surface area contributed by atoms with Gasteiger partial charge in [0.2, 0.25) is 0 Å². The van der Waals surface area contributed by atoms with Gasteiger partial charge in [-0.25, -0.2) is 4.79 Å². The summed E-state index contributed by atoms with van der Waals surface area (Å²) in [5, 5.41) is 5.19. The predicted octanol–water partition coefficient (Wildman–Crippen LogP) is 1.74. The molecule has 0 spiro atoms. The normalized spacial score (nSPS) is 14.6. The number of likely N-dealkylation sites (N-methyl/N-ethyl adjacent to an activating group) is 1. The predicted molar refractivity (Wildman–Crippen MR) is 112 cm³/mol. The topological polar surface area (TPSA) is 81.1 Å². The van der Waals surface area contributed by atoms with Crippen LogP contribution in [-0.2, 0) is 11.3 Å². The Kier molecular flexibility index (Phi) is 8.99. The van der Waals surface area contributed by atoms with Crippen molar-refractivity contribution in [3.8, 4) is 11.5 Å². The monoisotopic (exact) mass is 404 g/mol. The molecule has 0 aliphatic heterocycles. The number of carbonyl (C=O) groups is 2. The number of nitrogens with one attached hydrogen (secondary N) is 3. The van der Waals surface area contributed by atoms with E-state index in [9.17, 15) is 9.59 Å². The van der Waals surface area contributed by atoms with Crippen LogP contribution >= 0.6 is 0 Å². The van der Waals surface area contributed by atoms with E-state index in [1.165, 1.54) is 18.4 Å². The third-order valence-corrected chi connectivity index (χ3v) is 5.17. The van der Waals surface area contributed by atoms with E-state index in [2.05, 4.69) is 16.7 Å². The number of quaternary nitrogens is 1. The smallest absolute Gasteiger partial charge is 0.321 e. The van der Waals surface area contributed by atoms with Crippen LogP contribution in [0.5, 0.6) is 11.5 Å². The summed E-state index contributed by atoms with van der Waals surface area (Å²) in [7, 11) is 5.13. The Morgan fingerprint density at radius 1 is 1.14 bits per heavy atom. The van der Waals surface area contributed by atoms with Crippen molar-refractivity contribution in [1.82, 2.24) is 10.6 Å². The Balaban J connectivity index is 1.76. The van der Waals surface area contributed by atoms with Crippen LogP contribution < -0.4 is 25.0 Å². The molecule has 0 saturated heterocycles. The maximum absolute atomic E-state index is 12.2. The molecule has 2 rings (SSSR count). The highest BCUT2D eigenvalue weighted by molar-refractivity contribution is 5.94. The molecule has 0 aromatic heterocycles. The first kappa shape index (κ1) is 22.7. The van der Waals surface area contributed by atoms with Gasteiger partial charge in [0.05, 0.1) is 21.3 Å². The van der Waals surface area contributed by atoms with Crippen molar-refractivity contribution >= 4 is 11.9 Å². The van der Waals surface area contributed by atoms with E-state index in [1.54, 1.807) is 14.2 Å². The number of amides is 3. The molecule has 1 aromatic carbocycles. The van der Waals surface area contributed by atoms with Gasteiger partial charge in [-0.05, 0) is 56.7 Å². The zero-order chi connectivity index (χ0) is 21.2. The number of allylic oxidation sites excluding steroid dienone is 1. The van der Waals surface area contributed by atoms with Gasteiger partial charge in [0.1, 0.15) is 6.54 Å². The molecule has 7 nitrogen and oxygen atoms in total. The molecule has 1 aliphatic carbocycles. The van der Waals surface area contributed by atoms with Gasteiger partial charge in [-0.1, -0.05) is 11.6 Å². The number of aryl methyl sites for hydroxylation is 1. The summed E-state index contributed by atoms with van der Waals surface area (Å²) in [6.07, 6.45) is 7.85. The lowest BCUT2D eigenvalue weighted by Gasteiger charge is -2.17. The molecular weight excluding hydrogens is 370 g/mol. The number of imide groups is 1. The Morgan fingerprint density at radius 2 is 1.86 bits per heavy atom. The summed E-state index contributed by atoms with van der Waals surface area (Å²) in [5.41, 5.74) is 3.53. The van der Waals surface area contributed by atoms with Crippen molar-refractivity contribution < 1.29 is 24.0 Å². The second-order valence-corrected chi connectivity index (χ2v) is 7.61. The fourth-order valence-corrected chi connectivity index (χ4v) is 3.56. The maximum Gasteiger partial charge on any atom is 0.321 e. The largest absolute Gasteiger partial charge is 0.493 e. The number of benzene rings is 1. The zero-order valence-electron chi connectivity index (χ0n) is 18.0. The number of ether oxygens (including phenoxy) is 2. The number of urea groups is 1. The van der Waals surface area contributed by atoms with Crippen molar-refractivity contribution in [3.63, 3.8) is 0 Å². The first-order valence-electron chi connectivity index (χ1n) is 10.2. The summed E-state index contributed by atoms with van der Waals surface area (Å²) in [4.78, 5) is 25.1. The van der Waals surface area contributed by atoms with Crippen molar-refractivity contribution in [2.24, 2.45) is 0 Å². The van der Waals surface area contributed by atoms with Gasteiger partial charge >= 0.3 is 6.03 Å². The van der Waals surface area contributed by atoms with E-state index in [4.69, 9.17) is 9.47 Å². The minimum atomic E-state index is -0.429. The lowest BCUT2D eigenvalue weighted by molar-refractivity contribution is -0.885. The van der Waals surface area contributed by atoms with Crippen molar-refractivity contribution in [2.45, 2.75) is 45.6 Å². The summed E-state index contributed by atoms with van der Waals surface area (Å²) in [6.45, 7) is 3.39. The third kappa shape index (κ3) is 7.42. The van der Waals surface area contributed by atoms with E-state index in [0.29, 0.717) is 24.6 Å². The lowest BCUT2D eigenvalue weighted by Crippen LogP contribution is -3.09.